The molecule has 0 spiro atoms. The first kappa shape index (κ1) is 13.8. The van der Waals surface area contributed by atoms with Crippen molar-refractivity contribution in [3.8, 4) is 0 Å². The normalized spacial score (nSPS) is 17.4. The monoisotopic (exact) mass is 286 g/mol. The predicted octanol–water partition coefficient (Wildman–Crippen LogP) is 2.68. The molecule has 0 amide bonds. The van der Waals surface area contributed by atoms with E-state index in [9.17, 15) is 10.1 Å². The van der Waals surface area contributed by atoms with Crippen LogP contribution in [0.3, 0.4) is 0 Å². The van der Waals surface area contributed by atoms with E-state index < -0.39 is 0 Å². The van der Waals surface area contributed by atoms with Crippen LogP contribution in [0.4, 0.5) is 11.4 Å². The Bertz CT molecular complexity index is 699. The zero-order valence-corrected chi connectivity index (χ0v) is 11.9. The van der Waals surface area contributed by atoms with Crippen LogP contribution >= 0.6 is 0 Å². The molecule has 3 N–H and O–H groups in total. The number of nitrogens with two attached hydrogens (primary N) is 1. The van der Waals surface area contributed by atoms with Crippen molar-refractivity contribution in [2.24, 2.45) is 11.7 Å². The quantitative estimate of drug-likeness (QED) is 0.651. The maximum absolute atomic E-state index is 11.1. The molecule has 1 aliphatic rings. The van der Waals surface area contributed by atoms with E-state index in [4.69, 9.17) is 5.73 Å². The average molecular weight is 286 g/mol. The Balaban J connectivity index is 2.07. The van der Waals surface area contributed by atoms with Gasteiger partial charge in [-0.25, -0.2) is 0 Å². The first-order valence-electron chi connectivity index (χ1n) is 7.04. The van der Waals surface area contributed by atoms with Gasteiger partial charge in [0.25, 0.3) is 5.69 Å². The molecule has 1 unspecified atom stereocenters. The average Bonchev–Trinajstić information content (AvgIpc) is 3.32. The molecule has 1 aliphatic carbocycles. The largest absolute Gasteiger partial charge is 0.378 e. The lowest BCUT2D eigenvalue weighted by molar-refractivity contribution is -0.383. The minimum absolute atomic E-state index is 0.0961. The van der Waals surface area contributed by atoms with E-state index in [2.05, 4.69) is 17.2 Å². The fraction of sp³-hybridized carbons (Fsp3) is 0.400. The molecular formula is C15H18N4O2. The molecule has 1 fully saturated rings. The number of nitrogens with zero attached hydrogens (tertiary/aromatic N) is 2. The second kappa shape index (κ2) is 4.96. The van der Waals surface area contributed by atoms with Gasteiger partial charge in [0.05, 0.1) is 10.3 Å². The lowest BCUT2D eigenvalue weighted by atomic mass is 9.95. The van der Waals surface area contributed by atoms with Gasteiger partial charge in [-0.1, -0.05) is 0 Å². The van der Waals surface area contributed by atoms with Gasteiger partial charge in [-0.05, 0) is 37.8 Å². The van der Waals surface area contributed by atoms with Crippen LogP contribution in [0.5, 0.6) is 0 Å². The van der Waals surface area contributed by atoms with Gasteiger partial charge in [-0.3, -0.25) is 15.1 Å². The molecule has 2 aromatic rings. The minimum Gasteiger partial charge on any atom is -0.378 e. The van der Waals surface area contributed by atoms with E-state index in [-0.39, 0.29) is 16.1 Å². The van der Waals surface area contributed by atoms with E-state index in [1.54, 1.807) is 24.5 Å². The molecule has 0 aliphatic heterocycles. The summed E-state index contributed by atoms with van der Waals surface area (Å²) in [6.45, 7) is 2.63. The molecular weight excluding hydrogens is 268 g/mol. The van der Waals surface area contributed by atoms with Crippen LogP contribution in [0, 0.1) is 16.0 Å². The lowest BCUT2D eigenvalue weighted by Crippen LogP contribution is -2.44. The van der Waals surface area contributed by atoms with Gasteiger partial charge in [0.2, 0.25) is 0 Å². The Morgan fingerprint density at radius 1 is 1.43 bits per heavy atom. The number of hydrogen-bond donors (Lipinski definition) is 2. The number of fused-ring (bicyclic) bond motifs is 1. The summed E-state index contributed by atoms with van der Waals surface area (Å²) < 4.78 is 0. The number of rotatable bonds is 5. The van der Waals surface area contributed by atoms with Crippen molar-refractivity contribution >= 4 is 22.1 Å². The van der Waals surface area contributed by atoms with E-state index in [0.717, 1.165) is 11.1 Å². The lowest BCUT2D eigenvalue weighted by Gasteiger charge is -2.31. The number of pyridine rings is 1. The summed E-state index contributed by atoms with van der Waals surface area (Å²) in [4.78, 5) is 14.9. The van der Waals surface area contributed by atoms with E-state index >= 15 is 0 Å². The SMILES string of the molecule is CC(CN)(Nc1ccc([N+](=O)[O-])c2ccncc12)C1CC1. The topological polar surface area (TPSA) is 94.1 Å². The Hall–Kier alpha value is -2.21. The van der Waals surface area contributed by atoms with Gasteiger partial charge in [0.1, 0.15) is 0 Å². The summed E-state index contributed by atoms with van der Waals surface area (Å²) in [5, 5.41) is 16.0. The third-order valence-corrected chi connectivity index (χ3v) is 4.31. The molecule has 0 bridgehead atoms. The molecule has 6 nitrogen and oxygen atoms in total. The van der Waals surface area contributed by atoms with Crippen molar-refractivity contribution in [2.45, 2.75) is 25.3 Å². The first-order chi connectivity index (χ1) is 10.0. The van der Waals surface area contributed by atoms with Crippen LogP contribution in [-0.4, -0.2) is 22.0 Å². The van der Waals surface area contributed by atoms with Gasteiger partial charge in [0, 0.05) is 41.6 Å². The van der Waals surface area contributed by atoms with Crippen molar-refractivity contribution in [1.82, 2.24) is 4.98 Å². The molecule has 6 heteroatoms. The van der Waals surface area contributed by atoms with Crippen molar-refractivity contribution in [2.75, 3.05) is 11.9 Å². The Labute approximate surface area is 122 Å². The van der Waals surface area contributed by atoms with Gasteiger partial charge in [-0.2, -0.15) is 0 Å². The number of nitro benzene ring substituents is 1. The van der Waals surface area contributed by atoms with Crippen molar-refractivity contribution < 1.29 is 4.92 Å². The molecule has 0 saturated heterocycles. The van der Waals surface area contributed by atoms with E-state index in [0.29, 0.717) is 17.8 Å². The van der Waals surface area contributed by atoms with Crippen LogP contribution < -0.4 is 11.1 Å². The van der Waals surface area contributed by atoms with Crippen LogP contribution in [0.1, 0.15) is 19.8 Å². The summed E-state index contributed by atoms with van der Waals surface area (Å²) in [6, 6.07) is 4.96. The second-order valence-electron chi connectivity index (χ2n) is 5.83. The maximum atomic E-state index is 11.1. The number of benzene rings is 1. The summed E-state index contributed by atoms with van der Waals surface area (Å²) >= 11 is 0. The molecule has 3 rings (SSSR count). The molecule has 1 heterocycles. The Morgan fingerprint density at radius 2 is 2.19 bits per heavy atom. The van der Waals surface area contributed by atoms with E-state index in [1.165, 1.54) is 18.9 Å². The first-order valence-corrected chi connectivity index (χ1v) is 7.04. The fourth-order valence-electron chi connectivity index (χ4n) is 2.79. The van der Waals surface area contributed by atoms with Crippen molar-refractivity contribution in [3.05, 3.63) is 40.7 Å². The summed E-state index contributed by atoms with van der Waals surface area (Å²) in [7, 11) is 0. The predicted molar refractivity (Wildman–Crippen MR) is 82.2 cm³/mol. The molecule has 1 atom stereocenters. The van der Waals surface area contributed by atoms with Gasteiger partial charge >= 0.3 is 0 Å². The minimum atomic E-state index is -0.366. The molecule has 21 heavy (non-hydrogen) atoms. The molecule has 110 valence electrons. The standard InChI is InChI=1S/C15H18N4O2/c1-15(9-16,10-2-3-10)18-13-4-5-14(19(20)21)11-6-7-17-8-12(11)13/h4-8,10,18H,2-3,9,16H2,1H3. The van der Waals surface area contributed by atoms with Crippen molar-refractivity contribution in [1.29, 1.82) is 0 Å². The van der Waals surface area contributed by atoms with Crippen molar-refractivity contribution in [3.63, 3.8) is 0 Å². The second-order valence-corrected chi connectivity index (χ2v) is 5.83. The number of nitro groups is 1. The Morgan fingerprint density at radius 3 is 2.81 bits per heavy atom. The number of aromatic nitrogens is 1. The van der Waals surface area contributed by atoms with Crippen LogP contribution in [-0.2, 0) is 0 Å². The number of hydrogen-bond acceptors (Lipinski definition) is 5. The number of nitrogens with one attached hydrogen (secondary N) is 1. The molecule has 0 radical (unpaired) electrons. The van der Waals surface area contributed by atoms with E-state index in [1.807, 2.05) is 0 Å². The van der Waals surface area contributed by atoms with Gasteiger partial charge in [0.15, 0.2) is 0 Å². The highest BCUT2D eigenvalue weighted by molar-refractivity contribution is 5.99. The van der Waals surface area contributed by atoms with Crippen LogP contribution in [0.25, 0.3) is 10.8 Å². The summed E-state index contributed by atoms with van der Waals surface area (Å²) in [5.41, 5.74) is 6.70. The third-order valence-electron chi connectivity index (χ3n) is 4.31. The van der Waals surface area contributed by atoms with Gasteiger partial charge in [-0.15, -0.1) is 0 Å². The number of anilines is 1. The zero-order chi connectivity index (χ0) is 15.0. The fourth-order valence-corrected chi connectivity index (χ4v) is 2.79. The highest BCUT2D eigenvalue weighted by Crippen LogP contribution is 2.42. The zero-order valence-electron chi connectivity index (χ0n) is 11.9. The van der Waals surface area contributed by atoms with Crippen LogP contribution in [0.15, 0.2) is 30.6 Å². The summed E-state index contributed by atoms with van der Waals surface area (Å²) in [5.74, 6) is 0.560. The highest BCUT2D eigenvalue weighted by Gasteiger charge is 2.40. The number of non-ortho nitro benzene ring substituents is 1. The third kappa shape index (κ3) is 2.42. The van der Waals surface area contributed by atoms with Crippen LogP contribution in [0.2, 0.25) is 0 Å². The Kier molecular flexibility index (Phi) is 3.25. The smallest absolute Gasteiger partial charge is 0.277 e. The highest BCUT2D eigenvalue weighted by atomic mass is 16.6. The molecule has 1 aromatic carbocycles. The maximum Gasteiger partial charge on any atom is 0.277 e. The summed E-state index contributed by atoms with van der Waals surface area (Å²) in [6.07, 6.45) is 5.57. The molecule has 1 saturated carbocycles. The molecule has 1 aromatic heterocycles. The van der Waals surface area contributed by atoms with Gasteiger partial charge < -0.3 is 11.1 Å².